The van der Waals surface area contributed by atoms with Gasteiger partial charge in [0.15, 0.2) is 11.6 Å². The minimum Gasteiger partial charge on any atom is -0.382 e. The van der Waals surface area contributed by atoms with Crippen molar-refractivity contribution in [3.05, 3.63) is 36.7 Å². The fourth-order valence-electron chi connectivity index (χ4n) is 3.21. The van der Waals surface area contributed by atoms with Gasteiger partial charge in [-0.2, -0.15) is 0 Å². The average Bonchev–Trinajstić information content (AvgIpc) is 3.24. The predicted molar refractivity (Wildman–Crippen MR) is 103 cm³/mol. The first-order chi connectivity index (χ1) is 12.6. The number of nitrogens with two attached hydrogens (primary N) is 1. The second kappa shape index (κ2) is 6.29. The zero-order valence-electron chi connectivity index (χ0n) is 15.1. The number of anilines is 2. The lowest BCUT2D eigenvalue weighted by Gasteiger charge is -2.16. The zero-order chi connectivity index (χ0) is 18.3. The Morgan fingerprint density at radius 1 is 1.15 bits per heavy atom. The summed E-state index contributed by atoms with van der Waals surface area (Å²) >= 11 is 0. The summed E-state index contributed by atoms with van der Waals surface area (Å²) in [7, 11) is 0. The predicted octanol–water partition coefficient (Wildman–Crippen LogP) is 3.08. The first-order valence-electron chi connectivity index (χ1n) is 8.69. The Kier molecular flexibility index (Phi) is 3.95. The number of hydrogen-bond acceptors (Lipinski definition) is 6. The van der Waals surface area contributed by atoms with Crippen molar-refractivity contribution < 1.29 is 0 Å². The minimum absolute atomic E-state index is 0.159. The Hall–Kier alpha value is -3.16. The van der Waals surface area contributed by atoms with E-state index < -0.39 is 0 Å². The van der Waals surface area contributed by atoms with Gasteiger partial charge in [-0.3, -0.25) is 0 Å². The van der Waals surface area contributed by atoms with Crippen LogP contribution in [0.5, 0.6) is 0 Å². The molecule has 4 aromatic heterocycles. The number of aromatic amines is 1. The molecule has 4 heterocycles. The van der Waals surface area contributed by atoms with Crippen LogP contribution in [0.1, 0.15) is 38.3 Å². The molecule has 0 fully saturated rings. The summed E-state index contributed by atoms with van der Waals surface area (Å²) in [5.41, 5.74) is 10.7. The van der Waals surface area contributed by atoms with Crippen LogP contribution in [0.2, 0.25) is 0 Å². The molecule has 0 saturated heterocycles. The highest BCUT2D eigenvalue weighted by Crippen LogP contribution is 2.27. The third kappa shape index (κ3) is 2.63. The lowest BCUT2D eigenvalue weighted by Crippen LogP contribution is -2.16. The van der Waals surface area contributed by atoms with Gasteiger partial charge in [0, 0.05) is 25.0 Å². The van der Waals surface area contributed by atoms with Gasteiger partial charge in [-0.05, 0) is 24.5 Å². The van der Waals surface area contributed by atoms with Gasteiger partial charge >= 0.3 is 0 Å². The van der Waals surface area contributed by atoms with Gasteiger partial charge in [0.2, 0.25) is 0 Å². The fraction of sp³-hybridized carbons (Fsp3) is 0.333. The number of nitrogens with one attached hydrogen (secondary N) is 2. The molecule has 0 bridgehead atoms. The van der Waals surface area contributed by atoms with Crippen LogP contribution in [0, 0.1) is 0 Å². The van der Waals surface area contributed by atoms with E-state index in [1.165, 1.54) is 5.56 Å². The Bertz CT molecular complexity index is 1060. The van der Waals surface area contributed by atoms with Crippen molar-refractivity contribution in [1.29, 1.82) is 0 Å². The maximum Gasteiger partial charge on any atom is 0.153 e. The second-order valence-electron chi connectivity index (χ2n) is 6.79. The molecule has 0 aromatic carbocycles. The van der Waals surface area contributed by atoms with E-state index in [1.54, 1.807) is 18.9 Å². The lowest BCUT2D eigenvalue weighted by atomic mass is 10.1. The van der Waals surface area contributed by atoms with E-state index >= 15 is 0 Å². The highest BCUT2D eigenvalue weighted by Gasteiger charge is 2.15. The molecule has 0 spiro atoms. The third-order valence-electron chi connectivity index (χ3n) is 4.68. The highest BCUT2D eigenvalue weighted by atomic mass is 15.1. The Morgan fingerprint density at radius 2 is 2.00 bits per heavy atom. The van der Waals surface area contributed by atoms with Crippen LogP contribution < -0.4 is 11.1 Å². The standard InChI is InChI=1S/C18H22N8/c1-10(2)12-7-21-16-14(12)23-8-24-18(16)22-6-11(3)26-9-25-15-13(26)4-5-20-17(15)19/h4-5,7-11,21H,6H2,1-3H3,(H2,19,20)(H,22,23,24). The number of rotatable bonds is 5. The summed E-state index contributed by atoms with van der Waals surface area (Å²) in [5, 5.41) is 3.43. The third-order valence-corrected chi connectivity index (χ3v) is 4.68. The van der Waals surface area contributed by atoms with Crippen LogP contribution in [0.4, 0.5) is 11.6 Å². The molecule has 0 saturated carbocycles. The minimum atomic E-state index is 0.159. The molecule has 4 aromatic rings. The Labute approximate surface area is 150 Å². The number of H-pyrrole nitrogens is 1. The number of nitrogen functional groups attached to an aromatic ring is 1. The van der Waals surface area contributed by atoms with E-state index in [9.17, 15) is 0 Å². The van der Waals surface area contributed by atoms with Crippen LogP contribution in [0.15, 0.2) is 31.1 Å². The van der Waals surface area contributed by atoms with Crippen LogP contribution >= 0.6 is 0 Å². The van der Waals surface area contributed by atoms with Gasteiger partial charge < -0.3 is 20.6 Å². The topological polar surface area (TPSA) is 110 Å². The first-order valence-corrected chi connectivity index (χ1v) is 8.69. The van der Waals surface area contributed by atoms with Crippen LogP contribution in [-0.2, 0) is 0 Å². The average molecular weight is 350 g/mol. The maximum absolute atomic E-state index is 5.90. The largest absolute Gasteiger partial charge is 0.382 e. The van der Waals surface area contributed by atoms with Crippen molar-refractivity contribution >= 4 is 33.7 Å². The zero-order valence-corrected chi connectivity index (χ0v) is 15.1. The van der Waals surface area contributed by atoms with Gasteiger partial charge in [-0.25, -0.2) is 19.9 Å². The van der Waals surface area contributed by atoms with Gasteiger partial charge in [0.05, 0.1) is 17.4 Å². The SMILES string of the molecule is CC(C)c1c[nH]c2c(NCC(C)n3cnc4c(N)nccc43)ncnc12. The molecular formula is C18H22N8. The highest BCUT2D eigenvalue weighted by molar-refractivity contribution is 5.88. The normalized spacial score (nSPS) is 12.9. The lowest BCUT2D eigenvalue weighted by molar-refractivity contribution is 0.588. The van der Waals surface area contributed by atoms with E-state index in [1.807, 2.05) is 12.3 Å². The van der Waals surface area contributed by atoms with E-state index in [2.05, 4.69) is 55.6 Å². The molecule has 0 aliphatic heterocycles. The number of aromatic nitrogens is 6. The van der Waals surface area contributed by atoms with E-state index in [0.29, 0.717) is 18.3 Å². The molecule has 0 aliphatic rings. The summed E-state index contributed by atoms with van der Waals surface area (Å²) < 4.78 is 2.09. The number of fused-ring (bicyclic) bond motifs is 2. The number of hydrogen-bond donors (Lipinski definition) is 3. The molecule has 1 unspecified atom stereocenters. The molecule has 8 nitrogen and oxygen atoms in total. The molecule has 134 valence electrons. The maximum atomic E-state index is 5.90. The van der Waals surface area contributed by atoms with Crippen molar-refractivity contribution in [2.75, 3.05) is 17.6 Å². The van der Waals surface area contributed by atoms with E-state index in [-0.39, 0.29) is 6.04 Å². The summed E-state index contributed by atoms with van der Waals surface area (Å²) in [5.74, 6) is 1.66. The number of pyridine rings is 1. The quantitative estimate of drug-likeness (QED) is 0.510. The molecule has 4 N–H and O–H groups in total. The van der Waals surface area contributed by atoms with Gasteiger partial charge in [-0.1, -0.05) is 13.8 Å². The summed E-state index contributed by atoms with van der Waals surface area (Å²) in [6, 6.07) is 2.09. The smallest absolute Gasteiger partial charge is 0.153 e. The van der Waals surface area contributed by atoms with Gasteiger partial charge in [0.1, 0.15) is 17.4 Å². The molecular weight excluding hydrogens is 328 g/mol. The van der Waals surface area contributed by atoms with Crippen LogP contribution in [0.25, 0.3) is 22.1 Å². The summed E-state index contributed by atoms with van der Waals surface area (Å²) in [4.78, 5) is 20.6. The van der Waals surface area contributed by atoms with Crippen molar-refractivity contribution in [3.8, 4) is 0 Å². The molecule has 0 aliphatic carbocycles. The molecule has 26 heavy (non-hydrogen) atoms. The molecule has 1 atom stereocenters. The van der Waals surface area contributed by atoms with E-state index in [0.717, 1.165) is 27.9 Å². The van der Waals surface area contributed by atoms with Crippen LogP contribution in [-0.4, -0.2) is 36.0 Å². The molecule has 8 heteroatoms. The second-order valence-corrected chi connectivity index (χ2v) is 6.79. The first kappa shape index (κ1) is 16.3. The van der Waals surface area contributed by atoms with Crippen molar-refractivity contribution in [1.82, 2.24) is 29.5 Å². The summed E-state index contributed by atoms with van der Waals surface area (Å²) in [6.45, 7) is 7.13. The monoisotopic (exact) mass is 350 g/mol. The van der Waals surface area contributed by atoms with Crippen molar-refractivity contribution in [2.45, 2.75) is 32.7 Å². The van der Waals surface area contributed by atoms with Crippen LogP contribution in [0.3, 0.4) is 0 Å². The molecule has 0 radical (unpaired) electrons. The Balaban J connectivity index is 1.59. The fourth-order valence-corrected chi connectivity index (χ4v) is 3.21. The summed E-state index contributed by atoms with van der Waals surface area (Å²) in [6.07, 6.45) is 7.12. The molecule has 4 rings (SSSR count). The number of nitrogens with zero attached hydrogens (tertiary/aromatic N) is 5. The molecule has 0 amide bonds. The van der Waals surface area contributed by atoms with Gasteiger partial charge in [-0.15, -0.1) is 0 Å². The van der Waals surface area contributed by atoms with Crippen molar-refractivity contribution in [3.63, 3.8) is 0 Å². The van der Waals surface area contributed by atoms with E-state index in [4.69, 9.17) is 5.73 Å². The Morgan fingerprint density at radius 3 is 2.81 bits per heavy atom. The van der Waals surface area contributed by atoms with Gasteiger partial charge in [0.25, 0.3) is 0 Å². The van der Waals surface area contributed by atoms with Crippen molar-refractivity contribution in [2.24, 2.45) is 0 Å². The number of imidazole rings is 1.